The van der Waals surface area contributed by atoms with Gasteiger partial charge in [0.05, 0.1) is 12.0 Å². The lowest BCUT2D eigenvalue weighted by Crippen LogP contribution is -2.01. The quantitative estimate of drug-likeness (QED) is 0.565. The van der Waals surface area contributed by atoms with Crippen molar-refractivity contribution in [2.45, 2.75) is 0 Å². The van der Waals surface area contributed by atoms with E-state index in [1.54, 1.807) is 12.5 Å². The molecule has 0 radical (unpaired) electrons. The fraction of sp³-hybridized carbons (Fsp3) is 0.143. The smallest absolute Gasteiger partial charge is 0.114 e. The van der Waals surface area contributed by atoms with Crippen LogP contribution < -0.4 is 5.32 Å². The van der Waals surface area contributed by atoms with Gasteiger partial charge in [-0.05, 0) is 0 Å². The summed E-state index contributed by atoms with van der Waals surface area (Å²) in [5.41, 5.74) is 2.23. The number of anilines is 1. The average Bonchev–Trinajstić information content (AvgIpc) is 2.33. The fourth-order valence-electron chi connectivity index (χ4n) is 0.934. The van der Waals surface area contributed by atoms with Crippen molar-refractivity contribution in [2.75, 3.05) is 11.9 Å². The minimum Gasteiger partial charge on any atom is -0.470 e. The fourth-order valence-corrected chi connectivity index (χ4v) is 0.934. The van der Waals surface area contributed by atoms with E-state index in [0.717, 1.165) is 17.8 Å². The molecule has 2 heteroatoms. The molecule has 1 aliphatic rings. The highest BCUT2D eigenvalue weighted by Gasteiger charge is 2.02. The van der Waals surface area contributed by atoms with Gasteiger partial charge >= 0.3 is 0 Å². The first kappa shape index (κ1) is 4.68. The Labute approximate surface area is 53.2 Å². The van der Waals surface area contributed by atoms with Gasteiger partial charge in [0.15, 0.2) is 0 Å². The first-order valence-electron chi connectivity index (χ1n) is 2.93. The molecule has 0 bridgehead atoms. The van der Waals surface area contributed by atoms with E-state index in [1.165, 1.54) is 0 Å². The second-order valence-electron chi connectivity index (χ2n) is 2.02. The summed E-state index contributed by atoms with van der Waals surface area (Å²) >= 11 is 0. The molecule has 0 unspecified atom stereocenters. The number of hydrogen-bond acceptors (Lipinski definition) is 2. The Bertz CT molecular complexity index is 237. The second-order valence-corrected chi connectivity index (χ2v) is 2.02. The lowest BCUT2D eigenvalue weighted by Gasteiger charge is -2.04. The second kappa shape index (κ2) is 1.65. The van der Waals surface area contributed by atoms with E-state index >= 15 is 0 Å². The summed E-state index contributed by atoms with van der Waals surface area (Å²) in [5, 5.41) is 3.16. The van der Waals surface area contributed by atoms with Crippen LogP contribution in [0.2, 0.25) is 0 Å². The van der Waals surface area contributed by atoms with Crippen LogP contribution in [0.4, 0.5) is 5.69 Å². The molecule has 2 nitrogen and oxygen atoms in total. The van der Waals surface area contributed by atoms with Gasteiger partial charge in [-0.2, -0.15) is 0 Å². The van der Waals surface area contributed by atoms with E-state index in [1.807, 2.05) is 0 Å². The Morgan fingerprint density at radius 3 is 3.33 bits per heavy atom. The number of hydrogen-bond donors (Lipinski definition) is 1. The first-order chi connectivity index (χ1) is 4.47. The van der Waals surface area contributed by atoms with Crippen molar-refractivity contribution >= 4 is 11.8 Å². The van der Waals surface area contributed by atoms with Crippen molar-refractivity contribution in [3.63, 3.8) is 0 Å². The van der Waals surface area contributed by atoms with Crippen molar-refractivity contribution in [1.29, 1.82) is 0 Å². The third kappa shape index (κ3) is 0.633. The van der Waals surface area contributed by atoms with Crippen LogP contribution in [0.1, 0.15) is 5.56 Å². The highest BCUT2D eigenvalue weighted by Crippen LogP contribution is 2.20. The molecule has 0 aliphatic carbocycles. The number of rotatable bonds is 0. The highest BCUT2D eigenvalue weighted by atomic mass is 16.3. The Balaban J connectivity index is 2.53. The van der Waals surface area contributed by atoms with Crippen LogP contribution in [0.25, 0.3) is 6.08 Å². The molecular weight excluding hydrogens is 114 g/mol. The molecule has 1 aromatic heterocycles. The topological polar surface area (TPSA) is 25.2 Å². The Morgan fingerprint density at radius 2 is 2.44 bits per heavy atom. The van der Waals surface area contributed by atoms with Crippen LogP contribution in [-0.4, -0.2) is 6.54 Å². The molecule has 46 valence electrons. The predicted molar refractivity (Wildman–Crippen MR) is 36.2 cm³/mol. The summed E-state index contributed by atoms with van der Waals surface area (Å²) in [7, 11) is 0. The molecule has 0 spiro atoms. The van der Waals surface area contributed by atoms with Crippen molar-refractivity contribution in [1.82, 2.24) is 0 Å². The normalized spacial score (nSPS) is 14.7. The van der Waals surface area contributed by atoms with Gasteiger partial charge in [-0.25, -0.2) is 0 Å². The highest BCUT2D eigenvalue weighted by molar-refractivity contribution is 5.68. The molecule has 1 N–H and O–H groups in total. The minimum absolute atomic E-state index is 0.909. The van der Waals surface area contributed by atoms with Crippen LogP contribution in [0.5, 0.6) is 0 Å². The Hall–Kier alpha value is -1.18. The minimum atomic E-state index is 0.909. The summed E-state index contributed by atoms with van der Waals surface area (Å²) in [6.45, 7) is 0.909. The van der Waals surface area contributed by atoms with Crippen molar-refractivity contribution in [3.8, 4) is 0 Å². The Morgan fingerprint density at radius 1 is 1.44 bits per heavy atom. The zero-order valence-corrected chi connectivity index (χ0v) is 4.92. The maximum Gasteiger partial charge on any atom is 0.114 e. The molecule has 0 atom stereocenters. The van der Waals surface area contributed by atoms with E-state index in [4.69, 9.17) is 4.42 Å². The molecule has 0 saturated carbocycles. The third-order valence-electron chi connectivity index (χ3n) is 1.40. The van der Waals surface area contributed by atoms with Gasteiger partial charge < -0.3 is 9.73 Å². The summed E-state index contributed by atoms with van der Waals surface area (Å²) in [4.78, 5) is 0. The van der Waals surface area contributed by atoms with Gasteiger partial charge in [0.1, 0.15) is 6.26 Å². The zero-order valence-electron chi connectivity index (χ0n) is 4.92. The summed E-state index contributed by atoms with van der Waals surface area (Å²) in [6.07, 6.45) is 7.57. The van der Waals surface area contributed by atoms with Crippen LogP contribution in [0.3, 0.4) is 0 Å². The monoisotopic (exact) mass is 121 g/mol. The first-order valence-corrected chi connectivity index (χ1v) is 2.93. The molecule has 0 fully saturated rings. The average molecular weight is 121 g/mol. The van der Waals surface area contributed by atoms with Crippen molar-refractivity contribution in [3.05, 3.63) is 24.2 Å². The summed E-state index contributed by atoms with van der Waals surface area (Å²) in [6, 6.07) is 0. The van der Waals surface area contributed by atoms with Crippen molar-refractivity contribution in [2.24, 2.45) is 0 Å². The predicted octanol–water partition coefficient (Wildman–Crippen LogP) is 1.72. The van der Waals surface area contributed by atoms with E-state index in [-0.39, 0.29) is 0 Å². The van der Waals surface area contributed by atoms with Crippen LogP contribution in [0, 0.1) is 0 Å². The summed E-state index contributed by atoms with van der Waals surface area (Å²) in [5.74, 6) is 0. The molecular formula is C7H7NO. The lowest BCUT2D eigenvalue weighted by molar-refractivity contribution is 0.567. The van der Waals surface area contributed by atoms with E-state index in [2.05, 4.69) is 17.5 Å². The molecule has 2 rings (SSSR count). The lowest BCUT2D eigenvalue weighted by atomic mass is 10.2. The van der Waals surface area contributed by atoms with Gasteiger partial charge in [-0.1, -0.05) is 12.2 Å². The standard InChI is InChI=1S/C7H7NO/c1-2-6-4-9-5-7(6)8-3-1/h1-2,4-5,8H,3H2. The van der Waals surface area contributed by atoms with E-state index in [0.29, 0.717) is 0 Å². The molecule has 1 aromatic rings. The van der Waals surface area contributed by atoms with Crippen LogP contribution in [-0.2, 0) is 0 Å². The van der Waals surface area contributed by atoms with Crippen LogP contribution >= 0.6 is 0 Å². The Kier molecular flexibility index (Phi) is 0.859. The van der Waals surface area contributed by atoms with Gasteiger partial charge in [-0.15, -0.1) is 0 Å². The van der Waals surface area contributed by atoms with E-state index in [9.17, 15) is 0 Å². The molecule has 0 aromatic carbocycles. The van der Waals surface area contributed by atoms with Crippen LogP contribution in [0.15, 0.2) is 23.0 Å². The van der Waals surface area contributed by atoms with Crippen molar-refractivity contribution < 1.29 is 4.42 Å². The number of nitrogens with one attached hydrogen (secondary N) is 1. The maximum absolute atomic E-state index is 4.95. The number of fused-ring (bicyclic) bond motifs is 1. The largest absolute Gasteiger partial charge is 0.470 e. The summed E-state index contributed by atoms with van der Waals surface area (Å²) < 4.78 is 4.95. The van der Waals surface area contributed by atoms with Gasteiger partial charge in [0.2, 0.25) is 0 Å². The molecule has 1 aliphatic heterocycles. The molecule has 2 heterocycles. The molecule has 0 saturated heterocycles. The van der Waals surface area contributed by atoms with Gasteiger partial charge in [0.25, 0.3) is 0 Å². The SMILES string of the molecule is C1=Cc2cocc2NC1. The number of furan rings is 1. The zero-order chi connectivity index (χ0) is 6.10. The van der Waals surface area contributed by atoms with E-state index < -0.39 is 0 Å². The molecule has 9 heavy (non-hydrogen) atoms. The maximum atomic E-state index is 4.95. The van der Waals surface area contributed by atoms with Gasteiger partial charge in [0, 0.05) is 12.1 Å². The third-order valence-corrected chi connectivity index (χ3v) is 1.40. The molecule has 0 amide bonds. The van der Waals surface area contributed by atoms with Gasteiger partial charge in [-0.3, -0.25) is 0 Å².